The van der Waals surface area contributed by atoms with Crippen LogP contribution in [0, 0.1) is 0 Å². The number of hydrogen-bond acceptors (Lipinski definition) is 3. The van der Waals surface area contributed by atoms with E-state index >= 15 is 0 Å². The number of fused-ring (bicyclic) bond motifs is 1. The predicted octanol–water partition coefficient (Wildman–Crippen LogP) is 3.05. The number of hydrogen-bond donors (Lipinski definition) is 2. The second-order valence-corrected chi connectivity index (χ2v) is 5.24. The normalized spacial score (nSPS) is 18.4. The fourth-order valence-electron chi connectivity index (χ4n) is 2.64. The van der Waals surface area contributed by atoms with Gasteiger partial charge in [0.15, 0.2) is 0 Å². The highest BCUT2D eigenvalue weighted by Crippen LogP contribution is 2.28. The maximum absolute atomic E-state index is 9.84. The molecule has 104 valence electrons. The van der Waals surface area contributed by atoms with E-state index in [-0.39, 0.29) is 12.1 Å². The molecule has 0 saturated heterocycles. The van der Waals surface area contributed by atoms with Crippen molar-refractivity contribution in [2.75, 3.05) is 6.54 Å². The Kier molecular flexibility index (Phi) is 3.61. The number of benzene rings is 2. The molecule has 0 fully saturated rings. The maximum atomic E-state index is 9.84. The Hall–Kier alpha value is -2.00. The quantitative estimate of drug-likeness (QED) is 0.896. The first-order valence-electron chi connectivity index (χ1n) is 7.00. The lowest BCUT2D eigenvalue weighted by Gasteiger charge is -2.18. The Morgan fingerprint density at radius 3 is 2.75 bits per heavy atom. The zero-order valence-corrected chi connectivity index (χ0v) is 11.5. The molecule has 0 spiro atoms. The summed E-state index contributed by atoms with van der Waals surface area (Å²) in [6.45, 7) is 2.82. The highest BCUT2D eigenvalue weighted by Gasteiger charge is 2.22. The van der Waals surface area contributed by atoms with Gasteiger partial charge < -0.3 is 15.2 Å². The van der Waals surface area contributed by atoms with Gasteiger partial charge in [-0.3, -0.25) is 0 Å². The molecule has 0 saturated carbocycles. The molecule has 3 nitrogen and oxygen atoms in total. The number of nitrogens with one attached hydrogen (secondary N) is 1. The third-order valence-electron chi connectivity index (χ3n) is 3.77. The average molecular weight is 269 g/mol. The van der Waals surface area contributed by atoms with Crippen LogP contribution in [0.25, 0.3) is 0 Å². The van der Waals surface area contributed by atoms with Crippen LogP contribution in [0.4, 0.5) is 0 Å². The lowest BCUT2D eigenvalue weighted by Crippen LogP contribution is -2.31. The number of para-hydroxylation sites is 2. The molecular formula is C17H19NO2. The second kappa shape index (κ2) is 5.55. The van der Waals surface area contributed by atoms with Gasteiger partial charge in [0.2, 0.25) is 0 Å². The lowest BCUT2D eigenvalue weighted by atomic mass is 10.1. The van der Waals surface area contributed by atoms with Gasteiger partial charge in [-0.05, 0) is 24.6 Å². The lowest BCUT2D eigenvalue weighted by molar-refractivity contribution is 0.222. The summed E-state index contributed by atoms with van der Waals surface area (Å²) in [7, 11) is 0. The van der Waals surface area contributed by atoms with Crippen LogP contribution in [0.1, 0.15) is 24.1 Å². The first kappa shape index (κ1) is 13.0. The number of rotatable bonds is 4. The minimum atomic E-state index is 0.100. The van der Waals surface area contributed by atoms with Crippen molar-refractivity contribution in [1.82, 2.24) is 5.32 Å². The van der Waals surface area contributed by atoms with Gasteiger partial charge in [-0.25, -0.2) is 0 Å². The Morgan fingerprint density at radius 1 is 1.20 bits per heavy atom. The monoisotopic (exact) mass is 269 g/mol. The molecule has 1 aliphatic rings. The van der Waals surface area contributed by atoms with Gasteiger partial charge in [0.25, 0.3) is 0 Å². The van der Waals surface area contributed by atoms with Gasteiger partial charge in [0.1, 0.15) is 17.6 Å². The van der Waals surface area contributed by atoms with Gasteiger partial charge in [0.05, 0.1) is 0 Å². The Bertz CT molecular complexity index is 572. The summed E-state index contributed by atoms with van der Waals surface area (Å²) in [5, 5.41) is 13.3. The van der Waals surface area contributed by atoms with Crippen LogP contribution in [0.3, 0.4) is 0 Å². The van der Waals surface area contributed by atoms with E-state index in [9.17, 15) is 5.11 Å². The molecule has 0 bridgehead atoms. The predicted molar refractivity (Wildman–Crippen MR) is 79.1 cm³/mol. The summed E-state index contributed by atoms with van der Waals surface area (Å²) in [6, 6.07) is 15.7. The molecule has 3 heteroatoms. The van der Waals surface area contributed by atoms with Gasteiger partial charge >= 0.3 is 0 Å². The summed E-state index contributed by atoms with van der Waals surface area (Å²) in [6.07, 6.45) is 1.11. The Morgan fingerprint density at radius 2 is 1.95 bits per heavy atom. The molecule has 2 atom stereocenters. The Balaban J connectivity index is 1.58. The van der Waals surface area contributed by atoms with Crippen molar-refractivity contribution in [2.24, 2.45) is 0 Å². The van der Waals surface area contributed by atoms with Crippen LogP contribution in [0.5, 0.6) is 11.5 Å². The summed E-state index contributed by atoms with van der Waals surface area (Å²) >= 11 is 0. The topological polar surface area (TPSA) is 41.5 Å². The highest BCUT2D eigenvalue weighted by molar-refractivity contribution is 5.37. The van der Waals surface area contributed by atoms with E-state index < -0.39 is 0 Å². The number of phenolic OH excluding ortho intramolecular Hbond substituents is 1. The Labute approximate surface area is 119 Å². The fraction of sp³-hybridized carbons (Fsp3) is 0.294. The minimum Gasteiger partial charge on any atom is -0.508 e. The molecule has 0 aliphatic carbocycles. The van der Waals surface area contributed by atoms with Gasteiger partial charge in [-0.1, -0.05) is 36.4 Å². The van der Waals surface area contributed by atoms with Crippen LogP contribution in [0.15, 0.2) is 48.5 Å². The largest absolute Gasteiger partial charge is 0.508 e. The van der Waals surface area contributed by atoms with Crippen molar-refractivity contribution in [2.45, 2.75) is 25.5 Å². The van der Waals surface area contributed by atoms with Gasteiger partial charge in [-0.15, -0.1) is 0 Å². The SMILES string of the molecule is CC(NCC1Cc2ccccc2O1)c1ccccc1O. The average Bonchev–Trinajstić information content (AvgIpc) is 2.88. The van der Waals surface area contributed by atoms with E-state index in [0.29, 0.717) is 5.75 Å². The standard InChI is InChI=1S/C17H19NO2/c1-12(15-7-3-4-8-16(15)19)18-11-14-10-13-6-2-5-9-17(13)20-14/h2-9,12,14,18-19H,10-11H2,1H3. The molecular weight excluding hydrogens is 250 g/mol. The third kappa shape index (κ3) is 2.63. The van der Waals surface area contributed by atoms with Crippen LogP contribution in [-0.2, 0) is 6.42 Å². The van der Waals surface area contributed by atoms with E-state index in [1.54, 1.807) is 6.07 Å². The van der Waals surface area contributed by atoms with E-state index in [2.05, 4.69) is 18.3 Å². The van der Waals surface area contributed by atoms with Crippen molar-refractivity contribution in [3.8, 4) is 11.5 Å². The smallest absolute Gasteiger partial charge is 0.123 e. The summed E-state index contributed by atoms with van der Waals surface area (Å²) < 4.78 is 5.90. The molecule has 2 aromatic carbocycles. The molecule has 3 rings (SSSR count). The van der Waals surface area contributed by atoms with Crippen molar-refractivity contribution in [3.05, 3.63) is 59.7 Å². The third-order valence-corrected chi connectivity index (χ3v) is 3.77. The molecule has 2 unspecified atom stereocenters. The van der Waals surface area contributed by atoms with E-state index in [4.69, 9.17) is 4.74 Å². The molecule has 1 aliphatic heterocycles. The zero-order chi connectivity index (χ0) is 13.9. The molecule has 20 heavy (non-hydrogen) atoms. The van der Waals surface area contributed by atoms with Crippen molar-refractivity contribution < 1.29 is 9.84 Å². The molecule has 1 heterocycles. The summed E-state index contributed by atoms with van der Waals surface area (Å²) in [5.74, 6) is 1.33. The van der Waals surface area contributed by atoms with E-state index in [1.165, 1.54) is 5.56 Å². The first-order chi connectivity index (χ1) is 9.74. The molecule has 0 amide bonds. The van der Waals surface area contributed by atoms with Crippen LogP contribution >= 0.6 is 0 Å². The minimum absolute atomic E-state index is 0.100. The van der Waals surface area contributed by atoms with Crippen molar-refractivity contribution >= 4 is 0 Å². The second-order valence-electron chi connectivity index (χ2n) is 5.24. The summed E-state index contributed by atoms with van der Waals surface area (Å²) in [4.78, 5) is 0. The first-order valence-corrected chi connectivity index (χ1v) is 7.00. The van der Waals surface area contributed by atoms with Crippen LogP contribution < -0.4 is 10.1 Å². The molecule has 2 aromatic rings. The maximum Gasteiger partial charge on any atom is 0.123 e. The number of phenols is 1. The van der Waals surface area contributed by atoms with Crippen molar-refractivity contribution in [3.63, 3.8) is 0 Å². The van der Waals surface area contributed by atoms with Gasteiger partial charge in [-0.2, -0.15) is 0 Å². The van der Waals surface area contributed by atoms with E-state index in [1.807, 2.05) is 36.4 Å². The van der Waals surface area contributed by atoms with Crippen LogP contribution in [0.2, 0.25) is 0 Å². The highest BCUT2D eigenvalue weighted by atomic mass is 16.5. The number of aromatic hydroxyl groups is 1. The number of ether oxygens (including phenoxy) is 1. The van der Waals surface area contributed by atoms with Crippen molar-refractivity contribution in [1.29, 1.82) is 0 Å². The van der Waals surface area contributed by atoms with Crippen LogP contribution in [-0.4, -0.2) is 17.8 Å². The van der Waals surface area contributed by atoms with E-state index in [0.717, 1.165) is 24.3 Å². The molecule has 2 N–H and O–H groups in total. The molecule has 0 aromatic heterocycles. The van der Waals surface area contributed by atoms with Gasteiger partial charge in [0, 0.05) is 24.6 Å². The molecule has 0 radical (unpaired) electrons. The zero-order valence-electron chi connectivity index (χ0n) is 11.5. The summed E-state index contributed by atoms with van der Waals surface area (Å²) in [5.41, 5.74) is 2.19. The fourth-order valence-corrected chi connectivity index (χ4v) is 2.64.